The number of rotatable bonds is 0. The van der Waals surface area contributed by atoms with E-state index < -0.39 is 0 Å². The Bertz CT molecular complexity index is 42.9. The van der Waals surface area contributed by atoms with E-state index in [9.17, 15) is 4.79 Å². The minimum absolute atomic E-state index is 0.184. The monoisotopic (exact) mass is 269 g/mol. The SMILES string of the molecule is CC(=O)[O][BiH]. The van der Waals surface area contributed by atoms with Gasteiger partial charge in [-0.1, -0.05) is 0 Å². The molecule has 0 N–H and O–H groups in total. The van der Waals surface area contributed by atoms with E-state index >= 15 is 0 Å². The van der Waals surface area contributed by atoms with Crippen molar-refractivity contribution in [3.63, 3.8) is 0 Å². The molecule has 0 bridgehead atoms. The summed E-state index contributed by atoms with van der Waals surface area (Å²) in [6.07, 6.45) is 0. The van der Waals surface area contributed by atoms with Crippen molar-refractivity contribution in [3.05, 3.63) is 0 Å². The Morgan fingerprint density at radius 3 is 2.20 bits per heavy atom. The molecule has 0 saturated heterocycles. The van der Waals surface area contributed by atoms with Crippen molar-refractivity contribution in [2.45, 2.75) is 6.92 Å². The second-order valence-electron chi connectivity index (χ2n) is 0.594. The zero-order chi connectivity index (χ0) is 4.28. The summed E-state index contributed by atoms with van der Waals surface area (Å²) in [5.41, 5.74) is 0. The van der Waals surface area contributed by atoms with Gasteiger partial charge in [0.1, 0.15) is 0 Å². The summed E-state index contributed by atoms with van der Waals surface area (Å²) in [5.74, 6) is -0.184. The first-order chi connectivity index (χ1) is 2.27. The van der Waals surface area contributed by atoms with Gasteiger partial charge in [0.15, 0.2) is 0 Å². The third-order valence-corrected chi connectivity index (χ3v) is 1.26. The fourth-order valence-corrected chi connectivity index (χ4v) is 0. The normalized spacial score (nSPS) is 6.80. The Balaban J connectivity index is 2.85. The molecule has 0 aromatic carbocycles. The molecule has 0 aliphatic heterocycles. The number of hydrogen-bond acceptors (Lipinski definition) is 2. The summed E-state index contributed by atoms with van der Waals surface area (Å²) in [5, 5.41) is 0. The second kappa shape index (κ2) is 2.58. The Kier molecular flexibility index (Phi) is 2.77. The van der Waals surface area contributed by atoms with Gasteiger partial charge in [-0.05, 0) is 0 Å². The van der Waals surface area contributed by atoms with E-state index in [1.54, 1.807) is 0 Å². The summed E-state index contributed by atoms with van der Waals surface area (Å²) in [6.45, 7) is 1.40. The summed E-state index contributed by atoms with van der Waals surface area (Å²) in [6, 6.07) is 0. The predicted molar refractivity (Wildman–Crippen MR) is 18.9 cm³/mol. The van der Waals surface area contributed by atoms with Crippen molar-refractivity contribution in [2.24, 2.45) is 0 Å². The van der Waals surface area contributed by atoms with Gasteiger partial charge in [-0.25, -0.2) is 0 Å². The Labute approximate surface area is 46.0 Å². The van der Waals surface area contributed by atoms with Crippen LogP contribution in [0.3, 0.4) is 0 Å². The number of carbonyl (C=O) groups excluding carboxylic acids is 1. The third kappa shape index (κ3) is 4.35. The van der Waals surface area contributed by atoms with E-state index in [2.05, 4.69) is 2.81 Å². The van der Waals surface area contributed by atoms with Crippen LogP contribution in [0.15, 0.2) is 0 Å². The molecule has 0 amide bonds. The molecule has 1 radical (unpaired) electrons. The molecule has 0 rings (SSSR count). The first kappa shape index (κ1) is 5.35. The van der Waals surface area contributed by atoms with Crippen LogP contribution in [0.4, 0.5) is 0 Å². The average molecular weight is 269 g/mol. The summed E-state index contributed by atoms with van der Waals surface area (Å²) >= 11 is 0.524. The molecule has 29 valence electrons. The van der Waals surface area contributed by atoms with Gasteiger partial charge in [0.25, 0.3) is 0 Å². The van der Waals surface area contributed by atoms with Crippen molar-refractivity contribution in [2.75, 3.05) is 0 Å². The van der Waals surface area contributed by atoms with Gasteiger partial charge in [0, 0.05) is 0 Å². The molecule has 0 aliphatic rings. The van der Waals surface area contributed by atoms with E-state index in [4.69, 9.17) is 0 Å². The second-order valence-corrected chi connectivity index (χ2v) is 1.39. The molecule has 3 heteroatoms. The van der Waals surface area contributed by atoms with Gasteiger partial charge < -0.3 is 0 Å². The zero-order valence-corrected chi connectivity index (χ0v) is 6.70. The van der Waals surface area contributed by atoms with E-state index in [1.165, 1.54) is 6.92 Å². The molecule has 0 aliphatic carbocycles. The molecular formula is C2H4BiO2. The zero-order valence-electron chi connectivity index (χ0n) is 2.82. The van der Waals surface area contributed by atoms with Gasteiger partial charge in [-0.3, -0.25) is 0 Å². The van der Waals surface area contributed by atoms with Crippen LogP contribution in [0.2, 0.25) is 0 Å². The first-order valence-corrected chi connectivity index (χ1v) is 2.70. The number of carbonyl (C=O) groups is 1. The van der Waals surface area contributed by atoms with Gasteiger partial charge in [0.05, 0.1) is 0 Å². The average Bonchev–Trinajstić information content (AvgIpc) is 1.38. The quantitative estimate of drug-likeness (QED) is 0.547. The minimum atomic E-state index is -0.184. The Morgan fingerprint density at radius 2 is 2.20 bits per heavy atom. The van der Waals surface area contributed by atoms with Gasteiger partial charge in [-0.2, -0.15) is 0 Å². The predicted octanol–water partition coefficient (Wildman–Crippen LogP) is -0.635. The van der Waals surface area contributed by atoms with Crippen molar-refractivity contribution < 1.29 is 7.61 Å². The van der Waals surface area contributed by atoms with E-state index in [-0.39, 0.29) is 5.97 Å². The van der Waals surface area contributed by atoms with Crippen LogP contribution >= 0.6 is 0 Å². The molecule has 0 heterocycles. The van der Waals surface area contributed by atoms with Crippen molar-refractivity contribution in [3.8, 4) is 0 Å². The molecule has 2 nitrogen and oxygen atoms in total. The van der Waals surface area contributed by atoms with E-state index in [1.807, 2.05) is 0 Å². The molecular weight excluding hydrogens is 265 g/mol. The van der Waals surface area contributed by atoms with Crippen LogP contribution < -0.4 is 0 Å². The Morgan fingerprint density at radius 1 is 2.00 bits per heavy atom. The molecule has 0 spiro atoms. The topological polar surface area (TPSA) is 26.3 Å². The number of hydrogen-bond donors (Lipinski definition) is 0. The fraction of sp³-hybridized carbons (Fsp3) is 0.500. The van der Waals surface area contributed by atoms with Crippen LogP contribution in [-0.2, 0) is 7.61 Å². The van der Waals surface area contributed by atoms with Gasteiger partial charge in [0.2, 0.25) is 0 Å². The third-order valence-electron chi connectivity index (χ3n) is 0.144. The summed E-state index contributed by atoms with van der Waals surface area (Å²) in [7, 11) is 0. The van der Waals surface area contributed by atoms with Crippen molar-refractivity contribution in [1.82, 2.24) is 0 Å². The van der Waals surface area contributed by atoms with Crippen molar-refractivity contribution in [1.29, 1.82) is 0 Å². The summed E-state index contributed by atoms with van der Waals surface area (Å²) < 4.78 is 4.25. The van der Waals surface area contributed by atoms with Crippen LogP contribution in [-0.4, -0.2) is 31.1 Å². The van der Waals surface area contributed by atoms with Crippen LogP contribution in [0.1, 0.15) is 6.92 Å². The maximum atomic E-state index is 9.62. The van der Waals surface area contributed by atoms with Gasteiger partial charge in [-0.15, -0.1) is 0 Å². The molecule has 0 saturated carbocycles. The fourth-order valence-electron chi connectivity index (χ4n) is 0. The van der Waals surface area contributed by atoms with Crippen LogP contribution in [0.25, 0.3) is 0 Å². The van der Waals surface area contributed by atoms with E-state index in [0.717, 1.165) is 0 Å². The first-order valence-electron chi connectivity index (χ1n) is 1.11. The van der Waals surface area contributed by atoms with Crippen LogP contribution in [0, 0.1) is 0 Å². The molecule has 5 heavy (non-hydrogen) atoms. The molecule has 0 unspecified atom stereocenters. The standard InChI is InChI=1S/C2H4O2.Bi.H/c1-2(3)4;;/h1H3,(H,3,4);;/q;+1;/p-1. The van der Waals surface area contributed by atoms with E-state index in [0.29, 0.717) is 25.2 Å². The summed E-state index contributed by atoms with van der Waals surface area (Å²) in [4.78, 5) is 9.62. The van der Waals surface area contributed by atoms with Crippen LogP contribution in [0.5, 0.6) is 0 Å². The van der Waals surface area contributed by atoms with Gasteiger partial charge >= 0.3 is 45.7 Å². The molecule has 0 atom stereocenters. The molecule has 0 aromatic heterocycles. The molecule has 0 aromatic rings. The molecule has 0 fully saturated rings. The Hall–Kier alpha value is 0.353. The van der Waals surface area contributed by atoms with Crippen molar-refractivity contribution >= 4 is 31.1 Å². The maximum absolute atomic E-state index is 9.62.